The van der Waals surface area contributed by atoms with E-state index >= 15 is 0 Å². The predicted molar refractivity (Wildman–Crippen MR) is 88.6 cm³/mol. The molecule has 22 heavy (non-hydrogen) atoms. The van der Waals surface area contributed by atoms with Crippen LogP contribution in [0.2, 0.25) is 0 Å². The van der Waals surface area contributed by atoms with Crippen LogP contribution in [0, 0.1) is 5.82 Å². The summed E-state index contributed by atoms with van der Waals surface area (Å²) in [5.41, 5.74) is 0.272. The minimum absolute atomic E-state index is 0.219. The van der Waals surface area contributed by atoms with Gasteiger partial charge in [0.25, 0.3) is 0 Å². The van der Waals surface area contributed by atoms with Crippen LogP contribution in [-0.4, -0.2) is 35.7 Å². The molecule has 0 atom stereocenters. The highest BCUT2D eigenvalue weighted by molar-refractivity contribution is 9.10. The molecule has 1 aromatic carbocycles. The van der Waals surface area contributed by atoms with E-state index in [2.05, 4.69) is 21.2 Å². The summed E-state index contributed by atoms with van der Waals surface area (Å²) in [5.74, 6) is -0.281. The Labute approximate surface area is 139 Å². The quantitative estimate of drug-likeness (QED) is 0.836. The maximum atomic E-state index is 13.5. The number of ether oxygens (including phenoxy) is 1. The summed E-state index contributed by atoms with van der Waals surface area (Å²) >= 11 is 3.25. The Morgan fingerprint density at radius 1 is 1.36 bits per heavy atom. The zero-order valence-corrected chi connectivity index (χ0v) is 14.7. The lowest BCUT2D eigenvalue weighted by molar-refractivity contribution is 0.0210. The Kier molecular flexibility index (Phi) is 5.32. The number of hydrogen-bond donors (Lipinski definition) is 1. The van der Waals surface area contributed by atoms with Gasteiger partial charge in [0.2, 0.25) is 0 Å². The summed E-state index contributed by atoms with van der Waals surface area (Å²) in [5, 5.41) is 3.33. The molecule has 1 heterocycles. The predicted octanol–water partition coefficient (Wildman–Crippen LogP) is 4.40. The molecule has 122 valence electrons. The number of rotatable bonds is 2. The molecule has 0 spiro atoms. The molecule has 1 aliphatic rings. The van der Waals surface area contributed by atoms with Gasteiger partial charge in [-0.1, -0.05) is 6.07 Å². The van der Waals surface area contributed by atoms with Crippen LogP contribution in [0.4, 0.5) is 14.9 Å². The third-order valence-corrected chi connectivity index (χ3v) is 4.26. The highest BCUT2D eigenvalue weighted by Crippen LogP contribution is 2.27. The molecule has 0 radical (unpaired) electrons. The van der Waals surface area contributed by atoms with Crippen LogP contribution in [-0.2, 0) is 4.74 Å². The van der Waals surface area contributed by atoms with E-state index in [9.17, 15) is 9.18 Å². The molecule has 1 aliphatic heterocycles. The number of nitrogens with one attached hydrogen (secondary N) is 1. The van der Waals surface area contributed by atoms with Crippen LogP contribution in [0.5, 0.6) is 0 Å². The maximum absolute atomic E-state index is 13.5. The second-order valence-electron chi connectivity index (χ2n) is 6.49. The Morgan fingerprint density at radius 3 is 2.59 bits per heavy atom. The molecular weight excluding hydrogens is 351 g/mol. The van der Waals surface area contributed by atoms with Crippen LogP contribution >= 0.6 is 15.9 Å². The molecule has 1 aromatic rings. The highest BCUT2D eigenvalue weighted by Gasteiger charge is 2.27. The molecule has 1 amide bonds. The van der Waals surface area contributed by atoms with Gasteiger partial charge in [-0.3, -0.25) is 0 Å². The molecule has 1 N–H and O–H groups in total. The van der Waals surface area contributed by atoms with E-state index in [0.29, 0.717) is 17.6 Å². The molecule has 0 unspecified atom stereocenters. The van der Waals surface area contributed by atoms with Crippen LogP contribution < -0.4 is 5.32 Å². The van der Waals surface area contributed by atoms with Crippen molar-refractivity contribution >= 4 is 27.7 Å². The number of anilines is 1. The van der Waals surface area contributed by atoms with Gasteiger partial charge >= 0.3 is 6.09 Å². The topological polar surface area (TPSA) is 41.6 Å². The number of nitrogens with zero attached hydrogens (tertiary/aromatic N) is 1. The minimum Gasteiger partial charge on any atom is -0.444 e. The van der Waals surface area contributed by atoms with Crippen molar-refractivity contribution in [2.24, 2.45) is 0 Å². The highest BCUT2D eigenvalue weighted by atomic mass is 79.9. The van der Waals surface area contributed by atoms with Gasteiger partial charge in [0.15, 0.2) is 0 Å². The van der Waals surface area contributed by atoms with E-state index in [-0.39, 0.29) is 18.0 Å². The Morgan fingerprint density at radius 2 is 2.00 bits per heavy atom. The lowest BCUT2D eigenvalue weighted by Gasteiger charge is -2.34. The summed E-state index contributed by atoms with van der Waals surface area (Å²) < 4.78 is 19.3. The fourth-order valence-electron chi connectivity index (χ4n) is 2.37. The van der Waals surface area contributed by atoms with Crippen molar-refractivity contribution in [3.8, 4) is 0 Å². The zero-order valence-electron chi connectivity index (χ0n) is 13.2. The van der Waals surface area contributed by atoms with Crippen molar-refractivity contribution in [2.45, 2.75) is 45.3 Å². The number of piperidine rings is 1. The second-order valence-corrected chi connectivity index (χ2v) is 7.28. The fraction of sp³-hybridized carbons (Fsp3) is 0.562. The summed E-state index contributed by atoms with van der Waals surface area (Å²) in [6.07, 6.45) is 1.35. The van der Waals surface area contributed by atoms with Crippen LogP contribution in [0.1, 0.15) is 33.6 Å². The van der Waals surface area contributed by atoms with E-state index in [1.54, 1.807) is 11.0 Å². The van der Waals surface area contributed by atoms with Gasteiger partial charge in [0.1, 0.15) is 11.4 Å². The molecule has 0 aliphatic carbocycles. The van der Waals surface area contributed by atoms with Gasteiger partial charge in [-0.15, -0.1) is 0 Å². The average molecular weight is 373 g/mol. The van der Waals surface area contributed by atoms with E-state index in [0.717, 1.165) is 18.5 Å². The number of carbonyl (C=O) groups is 1. The van der Waals surface area contributed by atoms with E-state index in [4.69, 9.17) is 4.74 Å². The third kappa shape index (κ3) is 4.60. The molecule has 1 fully saturated rings. The van der Waals surface area contributed by atoms with Crippen LogP contribution in [0.25, 0.3) is 0 Å². The number of benzene rings is 1. The second kappa shape index (κ2) is 6.86. The first kappa shape index (κ1) is 17.1. The van der Waals surface area contributed by atoms with Gasteiger partial charge < -0.3 is 15.0 Å². The van der Waals surface area contributed by atoms with Crippen molar-refractivity contribution in [2.75, 3.05) is 18.4 Å². The first-order chi connectivity index (χ1) is 10.3. The molecule has 0 saturated carbocycles. The number of likely N-dealkylation sites (tertiary alicyclic amines) is 1. The SMILES string of the molecule is CC(C)(C)OC(=O)N1CCC(Nc2cccc(F)c2Br)CC1. The summed E-state index contributed by atoms with van der Waals surface area (Å²) in [4.78, 5) is 13.7. The van der Waals surface area contributed by atoms with E-state index in [1.807, 2.05) is 26.8 Å². The minimum atomic E-state index is -0.474. The Balaban J connectivity index is 1.87. The van der Waals surface area contributed by atoms with Gasteiger partial charge in [0.05, 0.1) is 10.2 Å². The molecule has 0 aromatic heterocycles. The smallest absolute Gasteiger partial charge is 0.410 e. The number of hydrogen-bond acceptors (Lipinski definition) is 3. The number of halogens is 2. The summed E-state index contributed by atoms with van der Waals surface area (Å²) in [6, 6.07) is 5.16. The van der Waals surface area contributed by atoms with Gasteiger partial charge in [-0.2, -0.15) is 0 Å². The monoisotopic (exact) mass is 372 g/mol. The van der Waals surface area contributed by atoms with Crippen molar-refractivity contribution in [1.29, 1.82) is 0 Å². The normalized spacial score (nSPS) is 16.5. The lowest BCUT2D eigenvalue weighted by atomic mass is 10.0. The fourth-order valence-corrected chi connectivity index (χ4v) is 2.75. The number of carbonyl (C=O) groups excluding carboxylic acids is 1. The van der Waals surface area contributed by atoms with Crippen molar-refractivity contribution < 1.29 is 13.9 Å². The van der Waals surface area contributed by atoms with Gasteiger partial charge in [-0.05, 0) is 61.7 Å². The van der Waals surface area contributed by atoms with Crippen molar-refractivity contribution in [3.05, 3.63) is 28.5 Å². The van der Waals surface area contributed by atoms with Gasteiger partial charge in [-0.25, -0.2) is 9.18 Å². The first-order valence-corrected chi connectivity index (χ1v) is 8.24. The molecular formula is C16H22BrFN2O2. The van der Waals surface area contributed by atoms with Crippen LogP contribution in [0.3, 0.4) is 0 Å². The zero-order chi connectivity index (χ0) is 16.3. The molecule has 4 nitrogen and oxygen atoms in total. The molecule has 0 bridgehead atoms. The standard InChI is InChI=1S/C16H22BrFN2O2/c1-16(2,3)22-15(21)20-9-7-11(8-10-20)19-13-6-4-5-12(18)14(13)17/h4-6,11,19H,7-10H2,1-3H3. The third-order valence-electron chi connectivity index (χ3n) is 3.46. The van der Waals surface area contributed by atoms with E-state index < -0.39 is 5.60 Å². The Hall–Kier alpha value is -1.30. The molecule has 6 heteroatoms. The number of amides is 1. The summed E-state index contributed by atoms with van der Waals surface area (Å²) in [7, 11) is 0. The largest absolute Gasteiger partial charge is 0.444 e. The average Bonchev–Trinajstić information content (AvgIpc) is 2.43. The lowest BCUT2D eigenvalue weighted by Crippen LogP contribution is -2.44. The molecule has 2 rings (SSSR count). The summed E-state index contributed by atoms with van der Waals surface area (Å²) in [6.45, 7) is 6.86. The van der Waals surface area contributed by atoms with Crippen molar-refractivity contribution in [1.82, 2.24) is 4.90 Å². The van der Waals surface area contributed by atoms with Crippen LogP contribution in [0.15, 0.2) is 22.7 Å². The van der Waals surface area contributed by atoms with Crippen molar-refractivity contribution in [3.63, 3.8) is 0 Å². The first-order valence-electron chi connectivity index (χ1n) is 7.45. The maximum Gasteiger partial charge on any atom is 0.410 e. The molecule has 1 saturated heterocycles. The van der Waals surface area contributed by atoms with Gasteiger partial charge in [0, 0.05) is 19.1 Å². The Bertz CT molecular complexity index is 537. The van der Waals surface area contributed by atoms with E-state index in [1.165, 1.54) is 6.07 Å².